The van der Waals surface area contributed by atoms with Gasteiger partial charge in [0, 0.05) is 31.2 Å². The third-order valence-electron chi connectivity index (χ3n) is 3.62. The number of rotatable bonds is 3. The van der Waals surface area contributed by atoms with Crippen LogP contribution in [0.5, 0.6) is 0 Å². The Labute approximate surface area is 112 Å². The summed E-state index contributed by atoms with van der Waals surface area (Å²) in [5.74, 6) is -0.108. The molecule has 1 aromatic rings. The van der Waals surface area contributed by atoms with Crippen molar-refractivity contribution in [1.29, 1.82) is 0 Å². The Hall–Kier alpha value is -1.69. The van der Waals surface area contributed by atoms with Crippen LogP contribution in [-0.2, 0) is 0 Å². The van der Waals surface area contributed by atoms with Gasteiger partial charge in [0.25, 0.3) is 11.5 Å². The zero-order valence-corrected chi connectivity index (χ0v) is 11.3. The molecule has 1 aromatic heterocycles. The van der Waals surface area contributed by atoms with Gasteiger partial charge in [0.2, 0.25) is 0 Å². The number of nitrogens with one attached hydrogen (secondary N) is 2. The molecule has 2 atom stereocenters. The van der Waals surface area contributed by atoms with Gasteiger partial charge >= 0.3 is 0 Å². The number of hydrogen-bond acceptors (Lipinski definition) is 4. The zero-order chi connectivity index (χ0) is 13.8. The van der Waals surface area contributed by atoms with Crippen molar-refractivity contribution in [3.63, 3.8) is 0 Å². The highest BCUT2D eigenvalue weighted by molar-refractivity contribution is 5.92. The lowest BCUT2D eigenvalue weighted by molar-refractivity contribution is 0.0568. The van der Waals surface area contributed by atoms with Gasteiger partial charge in [-0.3, -0.25) is 9.59 Å². The maximum absolute atomic E-state index is 12.5. The summed E-state index contributed by atoms with van der Waals surface area (Å²) in [5.41, 5.74) is 0.00476. The van der Waals surface area contributed by atoms with Gasteiger partial charge in [0.1, 0.15) is 5.69 Å². The molecular weight excluding hydrogens is 244 g/mol. The summed E-state index contributed by atoms with van der Waals surface area (Å²) < 4.78 is 0. The molecule has 1 aliphatic rings. The molecule has 2 rings (SSSR count). The van der Waals surface area contributed by atoms with Crippen LogP contribution >= 0.6 is 0 Å². The van der Waals surface area contributed by atoms with Crippen LogP contribution in [0.2, 0.25) is 0 Å². The monoisotopic (exact) mass is 264 g/mol. The summed E-state index contributed by atoms with van der Waals surface area (Å²) in [4.78, 5) is 25.3. The van der Waals surface area contributed by atoms with Crippen LogP contribution in [0.15, 0.2) is 16.9 Å². The lowest BCUT2D eigenvalue weighted by atomic mass is 10.0. The van der Waals surface area contributed by atoms with E-state index in [-0.39, 0.29) is 17.5 Å². The van der Waals surface area contributed by atoms with Crippen molar-refractivity contribution in [3.8, 4) is 0 Å². The second-order valence-corrected chi connectivity index (χ2v) is 4.84. The highest BCUT2D eigenvalue weighted by atomic mass is 16.2. The number of H-pyrrole nitrogens is 1. The summed E-state index contributed by atoms with van der Waals surface area (Å²) in [6.07, 6.45) is 1.89. The van der Waals surface area contributed by atoms with Gasteiger partial charge < -0.3 is 10.2 Å². The molecule has 2 N–H and O–H groups in total. The van der Waals surface area contributed by atoms with E-state index in [1.807, 2.05) is 4.90 Å². The summed E-state index contributed by atoms with van der Waals surface area (Å²) in [5, 5.41) is 9.58. The zero-order valence-electron chi connectivity index (χ0n) is 11.3. The molecule has 104 valence electrons. The molecule has 2 heterocycles. The fourth-order valence-corrected chi connectivity index (χ4v) is 2.36. The molecule has 2 unspecified atom stereocenters. The SMILES string of the molecule is CCC1CN(C(=O)c2ccc(=O)[nH]n2)C(CC)CN1. The Bertz CT molecular complexity index is 479. The Morgan fingerprint density at radius 2 is 2.21 bits per heavy atom. The van der Waals surface area contributed by atoms with Gasteiger partial charge in [-0.1, -0.05) is 13.8 Å². The topological polar surface area (TPSA) is 78.1 Å². The highest BCUT2D eigenvalue weighted by Gasteiger charge is 2.30. The lowest BCUT2D eigenvalue weighted by Gasteiger charge is -2.39. The van der Waals surface area contributed by atoms with Crippen LogP contribution in [0, 0.1) is 0 Å². The van der Waals surface area contributed by atoms with E-state index in [4.69, 9.17) is 0 Å². The maximum atomic E-state index is 12.5. The molecule has 0 radical (unpaired) electrons. The van der Waals surface area contributed by atoms with E-state index in [1.165, 1.54) is 12.1 Å². The molecule has 0 saturated carbocycles. The van der Waals surface area contributed by atoms with Crippen LogP contribution < -0.4 is 10.9 Å². The number of aromatic nitrogens is 2. The Morgan fingerprint density at radius 3 is 2.79 bits per heavy atom. The van der Waals surface area contributed by atoms with E-state index in [2.05, 4.69) is 29.4 Å². The van der Waals surface area contributed by atoms with Crippen molar-refractivity contribution >= 4 is 5.91 Å². The molecule has 6 heteroatoms. The number of amides is 1. The summed E-state index contributed by atoms with van der Waals surface area (Å²) in [7, 11) is 0. The number of carbonyl (C=O) groups excluding carboxylic acids is 1. The largest absolute Gasteiger partial charge is 0.331 e. The summed E-state index contributed by atoms with van der Waals surface area (Å²) >= 11 is 0. The van der Waals surface area contributed by atoms with E-state index in [1.54, 1.807) is 0 Å². The fourth-order valence-electron chi connectivity index (χ4n) is 2.36. The van der Waals surface area contributed by atoms with E-state index < -0.39 is 0 Å². The van der Waals surface area contributed by atoms with E-state index in [0.29, 0.717) is 18.3 Å². The Kier molecular flexibility index (Phi) is 4.31. The fraction of sp³-hybridized carbons (Fsp3) is 0.615. The molecule has 1 amide bonds. The van der Waals surface area contributed by atoms with Crippen LogP contribution in [0.3, 0.4) is 0 Å². The predicted octanol–water partition coefficient (Wildman–Crippen LogP) is 0.372. The van der Waals surface area contributed by atoms with Gasteiger partial charge in [-0.05, 0) is 18.9 Å². The van der Waals surface area contributed by atoms with Crippen molar-refractivity contribution in [1.82, 2.24) is 20.4 Å². The third-order valence-corrected chi connectivity index (χ3v) is 3.62. The molecule has 0 bridgehead atoms. The second-order valence-electron chi connectivity index (χ2n) is 4.84. The van der Waals surface area contributed by atoms with Gasteiger partial charge in [-0.25, -0.2) is 5.10 Å². The molecule has 19 heavy (non-hydrogen) atoms. The minimum atomic E-state index is -0.296. The second kappa shape index (κ2) is 5.97. The number of aromatic amines is 1. The average Bonchev–Trinajstić information content (AvgIpc) is 2.46. The van der Waals surface area contributed by atoms with Crippen molar-refractivity contribution in [2.45, 2.75) is 38.8 Å². The number of hydrogen-bond donors (Lipinski definition) is 2. The minimum absolute atomic E-state index is 0.108. The maximum Gasteiger partial charge on any atom is 0.274 e. The van der Waals surface area contributed by atoms with E-state index in [9.17, 15) is 9.59 Å². The smallest absolute Gasteiger partial charge is 0.274 e. The Balaban J connectivity index is 2.18. The summed E-state index contributed by atoms with van der Waals surface area (Å²) in [6.45, 7) is 5.67. The van der Waals surface area contributed by atoms with Crippen LogP contribution in [0.4, 0.5) is 0 Å². The standard InChI is InChI=1S/C13H20N4O2/c1-3-9-8-17(10(4-2)7-14-9)13(19)11-5-6-12(18)16-15-11/h5-6,9-10,14H,3-4,7-8H2,1-2H3,(H,16,18). The first-order valence-electron chi connectivity index (χ1n) is 6.75. The van der Waals surface area contributed by atoms with Crippen molar-refractivity contribution in [2.24, 2.45) is 0 Å². The highest BCUT2D eigenvalue weighted by Crippen LogP contribution is 2.14. The average molecular weight is 264 g/mol. The quantitative estimate of drug-likeness (QED) is 0.827. The molecule has 1 aliphatic heterocycles. The predicted molar refractivity (Wildman–Crippen MR) is 72.1 cm³/mol. The molecule has 1 fully saturated rings. The van der Waals surface area contributed by atoms with Crippen LogP contribution in [0.1, 0.15) is 37.2 Å². The van der Waals surface area contributed by atoms with E-state index >= 15 is 0 Å². The molecule has 6 nitrogen and oxygen atoms in total. The molecule has 1 saturated heterocycles. The minimum Gasteiger partial charge on any atom is -0.331 e. The van der Waals surface area contributed by atoms with Crippen molar-refractivity contribution < 1.29 is 4.79 Å². The number of carbonyl (C=O) groups is 1. The lowest BCUT2D eigenvalue weighted by Crippen LogP contribution is -2.58. The van der Waals surface area contributed by atoms with Crippen molar-refractivity contribution in [2.75, 3.05) is 13.1 Å². The van der Waals surface area contributed by atoms with Crippen molar-refractivity contribution in [3.05, 3.63) is 28.2 Å². The molecule has 0 aliphatic carbocycles. The molecule has 0 spiro atoms. The first-order valence-corrected chi connectivity index (χ1v) is 6.75. The first kappa shape index (κ1) is 13.7. The van der Waals surface area contributed by atoms with Gasteiger partial charge in [-0.2, -0.15) is 5.10 Å². The summed E-state index contributed by atoms with van der Waals surface area (Å²) in [6, 6.07) is 3.33. The van der Waals surface area contributed by atoms with E-state index in [0.717, 1.165) is 19.4 Å². The molecular formula is C13H20N4O2. The van der Waals surface area contributed by atoms with Gasteiger partial charge in [0.15, 0.2) is 0 Å². The third kappa shape index (κ3) is 3.01. The normalized spacial score (nSPS) is 23.4. The number of nitrogens with zero attached hydrogens (tertiary/aromatic N) is 2. The van der Waals surface area contributed by atoms with Crippen LogP contribution in [0.25, 0.3) is 0 Å². The van der Waals surface area contributed by atoms with Crippen LogP contribution in [-0.4, -0.2) is 46.2 Å². The van der Waals surface area contributed by atoms with Gasteiger partial charge in [0.05, 0.1) is 0 Å². The molecule has 0 aromatic carbocycles. The van der Waals surface area contributed by atoms with Gasteiger partial charge in [-0.15, -0.1) is 0 Å². The first-order chi connectivity index (χ1) is 9.15. The Morgan fingerprint density at radius 1 is 1.42 bits per heavy atom. The number of piperazine rings is 1.